The number of nitrogens with one attached hydrogen (secondary N) is 1. The molecule has 20 heavy (non-hydrogen) atoms. The summed E-state index contributed by atoms with van der Waals surface area (Å²) in [4.78, 5) is 4.06. The summed E-state index contributed by atoms with van der Waals surface area (Å²) in [7, 11) is 0. The van der Waals surface area contributed by atoms with E-state index in [-0.39, 0.29) is 0 Å². The third-order valence-electron chi connectivity index (χ3n) is 3.42. The minimum Gasteiger partial charge on any atom is -0.314 e. The molecule has 0 spiro atoms. The molecule has 1 N–H and O–H groups in total. The normalized spacial score (nSPS) is 12.3. The lowest BCUT2D eigenvalue weighted by Crippen LogP contribution is -2.31. The number of benzene rings is 1. The van der Waals surface area contributed by atoms with Crippen LogP contribution in [0.5, 0.6) is 0 Å². The Balaban J connectivity index is 1.91. The van der Waals surface area contributed by atoms with Crippen LogP contribution in [0.25, 0.3) is 0 Å². The van der Waals surface area contributed by atoms with Gasteiger partial charge in [0.25, 0.3) is 0 Å². The molecule has 1 aromatic carbocycles. The van der Waals surface area contributed by atoms with Gasteiger partial charge in [0.2, 0.25) is 0 Å². The largest absolute Gasteiger partial charge is 0.314 e. The summed E-state index contributed by atoms with van der Waals surface area (Å²) in [5.74, 6) is 0. The average Bonchev–Trinajstić information content (AvgIpc) is 2.48. The van der Waals surface area contributed by atoms with Gasteiger partial charge in [0.15, 0.2) is 0 Å². The van der Waals surface area contributed by atoms with E-state index >= 15 is 0 Å². The molecule has 0 aliphatic rings. The maximum atomic E-state index is 4.06. The van der Waals surface area contributed by atoms with Crippen LogP contribution in [0.1, 0.15) is 24.5 Å². The molecule has 0 radical (unpaired) electrons. The van der Waals surface area contributed by atoms with E-state index in [1.54, 1.807) is 0 Å². The van der Waals surface area contributed by atoms with Crippen LogP contribution in [-0.2, 0) is 12.8 Å². The highest BCUT2D eigenvalue weighted by molar-refractivity contribution is 9.10. The highest BCUT2D eigenvalue weighted by Gasteiger charge is 2.08. The van der Waals surface area contributed by atoms with Crippen molar-refractivity contribution in [3.05, 3.63) is 64.4 Å². The minimum atomic E-state index is 0.523. The fourth-order valence-electron chi connectivity index (χ4n) is 2.36. The molecule has 3 heteroatoms. The molecule has 106 valence electrons. The molecule has 0 bridgehead atoms. The van der Waals surface area contributed by atoms with Crippen molar-refractivity contribution in [2.75, 3.05) is 6.54 Å². The highest BCUT2D eigenvalue weighted by Crippen LogP contribution is 2.14. The number of halogens is 1. The molecule has 0 aliphatic heterocycles. The lowest BCUT2D eigenvalue weighted by Gasteiger charge is -2.18. The van der Waals surface area contributed by atoms with Crippen molar-refractivity contribution in [3.63, 3.8) is 0 Å². The molecule has 0 aliphatic carbocycles. The molecule has 0 amide bonds. The smallest absolute Gasteiger partial charge is 0.0270 e. The zero-order valence-corrected chi connectivity index (χ0v) is 13.4. The maximum absolute atomic E-state index is 4.06. The van der Waals surface area contributed by atoms with Crippen molar-refractivity contribution < 1.29 is 0 Å². The summed E-state index contributed by atoms with van der Waals surface area (Å²) in [5, 5.41) is 3.59. The molecule has 1 unspecified atom stereocenters. The average molecular weight is 333 g/mol. The topological polar surface area (TPSA) is 24.9 Å². The van der Waals surface area contributed by atoms with E-state index in [9.17, 15) is 0 Å². The Labute approximate surface area is 129 Å². The fraction of sp³-hybridized carbons (Fsp3) is 0.353. The summed E-state index contributed by atoms with van der Waals surface area (Å²) < 4.78 is 1.14. The van der Waals surface area contributed by atoms with Crippen LogP contribution in [0.15, 0.2) is 53.3 Å². The van der Waals surface area contributed by atoms with Gasteiger partial charge in [0.1, 0.15) is 0 Å². The van der Waals surface area contributed by atoms with Crippen molar-refractivity contribution in [3.8, 4) is 0 Å². The van der Waals surface area contributed by atoms with Crippen molar-refractivity contribution in [2.45, 2.75) is 32.2 Å². The summed E-state index contributed by atoms with van der Waals surface area (Å²) >= 11 is 3.48. The second kappa shape index (κ2) is 8.18. The van der Waals surface area contributed by atoms with Crippen molar-refractivity contribution in [1.29, 1.82) is 0 Å². The van der Waals surface area contributed by atoms with Crippen LogP contribution in [0.4, 0.5) is 0 Å². The van der Waals surface area contributed by atoms with Crippen LogP contribution in [-0.4, -0.2) is 17.6 Å². The second-order valence-corrected chi connectivity index (χ2v) is 5.90. The fourth-order valence-corrected chi connectivity index (χ4v) is 2.62. The van der Waals surface area contributed by atoms with Gasteiger partial charge in [-0.15, -0.1) is 0 Å². The standard InChI is InChI=1S/C17H21BrN2/c1-2-20-17(8-5-14-9-11-19-12-10-14)13-15-3-6-16(18)7-4-15/h3-4,6-7,9-12,17,20H,2,5,8,13H2,1H3. The lowest BCUT2D eigenvalue weighted by atomic mass is 9.99. The van der Waals surface area contributed by atoms with Gasteiger partial charge in [-0.05, 0) is 61.2 Å². The molecule has 0 saturated carbocycles. The molecular formula is C17H21BrN2. The van der Waals surface area contributed by atoms with E-state index in [0.29, 0.717) is 6.04 Å². The first kappa shape index (κ1) is 15.2. The molecule has 1 atom stereocenters. The first-order chi connectivity index (χ1) is 9.78. The van der Waals surface area contributed by atoms with Gasteiger partial charge in [-0.1, -0.05) is 35.0 Å². The number of aryl methyl sites for hydroxylation is 1. The molecule has 2 rings (SSSR count). The highest BCUT2D eigenvalue weighted by atomic mass is 79.9. The third kappa shape index (κ3) is 5.06. The number of nitrogens with zero attached hydrogens (tertiary/aromatic N) is 1. The van der Waals surface area contributed by atoms with Gasteiger partial charge in [-0.3, -0.25) is 4.98 Å². The molecule has 0 saturated heterocycles. The van der Waals surface area contributed by atoms with Gasteiger partial charge in [-0.25, -0.2) is 0 Å². The zero-order valence-electron chi connectivity index (χ0n) is 11.8. The molecule has 2 aromatic rings. The van der Waals surface area contributed by atoms with Crippen molar-refractivity contribution in [1.82, 2.24) is 10.3 Å². The lowest BCUT2D eigenvalue weighted by molar-refractivity contribution is 0.491. The SMILES string of the molecule is CCNC(CCc1ccncc1)Cc1ccc(Br)cc1. The second-order valence-electron chi connectivity index (χ2n) is 4.98. The van der Waals surface area contributed by atoms with E-state index in [0.717, 1.165) is 30.3 Å². The van der Waals surface area contributed by atoms with E-state index in [4.69, 9.17) is 0 Å². The number of aromatic nitrogens is 1. The predicted molar refractivity (Wildman–Crippen MR) is 87.9 cm³/mol. The van der Waals surface area contributed by atoms with Gasteiger partial charge < -0.3 is 5.32 Å². The summed E-state index contributed by atoms with van der Waals surface area (Å²) in [6.07, 6.45) is 7.05. The quantitative estimate of drug-likeness (QED) is 0.828. The van der Waals surface area contributed by atoms with Gasteiger partial charge in [0, 0.05) is 22.9 Å². The number of likely N-dealkylation sites (N-methyl/N-ethyl adjacent to an activating group) is 1. The monoisotopic (exact) mass is 332 g/mol. The first-order valence-corrected chi connectivity index (χ1v) is 7.94. The first-order valence-electron chi connectivity index (χ1n) is 7.14. The zero-order chi connectivity index (χ0) is 14.2. The third-order valence-corrected chi connectivity index (χ3v) is 3.95. The van der Waals surface area contributed by atoms with Crippen LogP contribution in [0.2, 0.25) is 0 Å². The number of hydrogen-bond donors (Lipinski definition) is 1. The van der Waals surface area contributed by atoms with Crippen molar-refractivity contribution in [2.24, 2.45) is 0 Å². The summed E-state index contributed by atoms with van der Waals surface area (Å²) in [6.45, 7) is 3.18. The Morgan fingerprint density at radius 2 is 1.75 bits per heavy atom. The molecule has 1 heterocycles. The van der Waals surface area contributed by atoms with E-state index in [1.807, 2.05) is 12.4 Å². The molecule has 0 fully saturated rings. The van der Waals surface area contributed by atoms with E-state index in [2.05, 4.69) is 69.6 Å². The number of pyridine rings is 1. The Hall–Kier alpha value is -1.19. The van der Waals surface area contributed by atoms with Gasteiger partial charge in [0.05, 0.1) is 0 Å². The van der Waals surface area contributed by atoms with Crippen LogP contribution >= 0.6 is 15.9 Å². The van der Waals surface area contributed by atoms with Crippen LogP contribution < -0.4 is 5.32 Å². The van der Waals surface area contributed by atoms with E-state index in [1.165, 1.54) is 11.1 Å². The Morgan fingerprint density at radius 1 is 1.05 bits per heavy atom. The molecule has 1 aromatic heterocycles. The number of hydrogen-bond acceptors (Lipinski definition) is 2. The summed E-state index contributed by atoms with van der Waals surface area (Å²) in [5.41, 5.74) is 2.74. The van der Waals surface area contributed by atoms with Crippen LogP contribution in [0, 0.1) is 0 Å². The Bertz CT molecular complexity index is 496. The van der Waals surface area contributed by atoms with Crippen molar-refractivity contribution >= 4 is 15.9 Å². The van der Waals surface area contributed by atoms with E-state index < -0.39 is 0 Å². The maximum Gasteiger partial charge on any atom is 0.0270 e. The van der Waals surface area contributed by atoms with Gasteiger partial charge >= 0.3 is 0 Å². The molecular weight excluding hydrogens is 312 g/mol. The number of rotatable bonds is 7. The summed E-state index contributed by atoms with van der Waals surface area (Å²) in [6, 6.07) is 13.3. The Morgan fingerprint density at radius 3 is 2.40 bits per heavy atom. The Kier molecular flexibility index (Phi) is 6.22. The molecule has 2 nitrogen and oxygen atoms in total. The van der Waals surface area contributed by atoms with Crippen LogP contribution in [0.3, 0.4) is 0 Å². The predicted octanol–water partition coefficient (Wildman–Crippen LogP) is 4.00. The minimum absolute atomic E-state index is 0.523. The van der Waals surface area contributed by atoms with Gasteiger partial charge in [-0.2, -0.15) is 0 Å².